The summed E-state index contributed by atoms with van der Waals surface area (Å²) in [5, 5.41) is 0. The molecule has 1 saturated heterocycles. The number of hydrogen-bond acceptors (Lipinski definition) is 3. The highest BCUT2D eigenvalue weighted by Gasteiger charge is 2.21. The summed E-state index contributed by atoms with van der Waals surface area (Å²) in [6.07, 6.45) is 2.41. The number of nitrogens with zero attached hydrogens (tertiary/aromatic N) is 1. The smallest absolute Gasteiger partial charge is 0.130 e. The van der Waals surface area contributed by atoms with Crippen LogP contribution in [0, 0.1) is 11.6 Å². The molecule has 0 aliphatic carbocycles. The van der Waals surface area contributed by atoms with Crippen LogP contribution in [0.25, 0.3) is 0 Å². The number of halogens is 2. The second-order valence-electron chi connectivity index (χ2n) is 5.26. The molecule has 3 nitrogen and oxygen atoms in total. The van der Waals surface area contributed by atoms with Crippen LogP contribution < -0.4 is 5.73 Å². The zero-order valence-corrected chi connectivity index (χ0v) is 11.8. The predicted molar refractivity (Wildman–Crippen MR) is 74.4 cm³/mol. The Balaban J connectivity index is 1.95. The van der Waals surface area contributed by atoms with Crippen molar-refractivity contribution < 1.29 is 13.5 Å². The summed E-state index contributed by atoms with van der Waals surface area (Å²) in [6.45, 7) is 5.05. The fourth-order valence-corrected chi connectivity index (χ4v) is 2.59. The minimum absolute atomic E-state index is 0.250. The molecule has 0 spiro atoms. The van der Waals surface area contributed by atoms with Crippen LogP contribution in [-0.4, -0.2) is 37.2 Å². The average molecular weight is 284 g/mol. The normalized spacial score (nSPS) is 20.6. The van der Waals surface area contributed by atoms with Crippen LogP contribution in [0.15, 0.2) is 18.2 Å². The molecule has 112 valence electrons. The van der Waals surface area contributed by atoms with Crippen molar-refractivity contribution in [2.24, 2.45) is 5.73 Å². The third-order valence-electron chi connectivity index (χ3n) is 3.75. The van der Waals surface area contributed by atoms with Crippen molar-refractivity contribution in [3.8, 4) is 0 Å². The fraction of sp³-hybridized carbons (Fsp3) is 0.600. The van der Waals surface area contributed by atoms with E-state index < -0.39 is 17.7 Å². The fourth-order valence-electron chi connectivity index (χ4n) is 2.59. The monoisotopic (exact) mass is 284 g/mol. The van der Waals surface area contributed by atoms with Gasteiger partial charge in [-0.2, -0.15) is 0 Å². The highest BCUT2D eigenvalue weighted by Crippen LogP contribution is 2.19. The van der Waals surface area contributed by atoms with E-state index in [0.717, 1.165) is 38.6 Å². The Kier molecular flexibility index (Phi) is 5.46. The second kappa shape index (κ2) is 7.11. The standard InChI is InChI=1S/C15H22F2N2O/c1-2-19(9-12-4-3-7-20-12)10-15(18)13-6-5-11(16)8-14(13)17/h5-6,8,12,15H,2-4,7,9-10,18H2,1H3. The lowest BCUT2D eigenvalue weighted by Gasteiger charge is -2.26. The lowest BCUT2D eigenvalue weighted by atomic mass is 10.1. The Morgan fingerprint density at radius 2 is 2.25 bits per heavy atom. The minimum Gasteiger partial charge on any atom is -0.377 e. The van der Waals surface area contributed by atoms with Gasteiger partial charge in [0.25, 0.3) is 0 Å². The van der Waals surface area contributed by atoms with E-state index in [9.17, 15) is 8.78 Å². The summed E-state index contributed by atoms with van der Waals surface area (Å²) in [5.41, 5.74) is 6.41. The van der Waals surface area contributed by atoms with E-state index in [1.165, 1.54) is 12.1 Å². The molecule has 1 aliphatic rings. The van der Waals surface area contributed by atoms with E-state index >= 15 is 0 Å². The van der Waals surface area contributed by atoms with Gasteiger partial charge in [0.1, 0.15) is 11.6 Å². The van der Waals surface area contributed by atoms with E-state index in [1.54, 1.807) is 0 Å². The summed E-state index contributed by atoms with van der Waals surface area (Å²) in [5.74, 6) is -1.16. The van der Waals surface area contributed by atoms with E-state index in [1.807, 2.05) is 6.92 Å². The molecule has 1 aliphatic heterocycles. The molecule has 0 radical (unpaired) electrons. The van der Waals surface area contributed by atoms with Crippen LogP contribution in [0.1, 0.15) is 31.4 Å². The molecule has 1 fully saturated rings. The highest BCUT2D eigenvalue weighted by atomic mass is 19.1. The zero-order chi connectivity index (χ0) is 14.5. The Morgan fingerprint density at radius 3 is 2.85 bits per heavy atom. The van der Waals surface area contributed by atoms with Crippen LogP contribution in [0.3, 0.4) is 0 Å². The van der Waals surface area contributed by atoms with Gasteiger partial charge >= 0.3 is 0 Å². The van der Waals surface area contributed by atoms with Crippen molar-refractivity contribution in [3.63, 3.8) is 0 Å². The summed E-state index contributed by atoms with van der Waals surface area (Å²) < 4.78 is 32.2. The number of rotatable bonds is 6. The lowest BCUT2D eigenvalue weighted by molar-refractivity contribution is 0.0728. The van der Waals surface area contributed by atoms with E-state index in [2.05, 4.69) is 4.90 Å². The third kappa shape index (κ3) is 3.98. The average Bonchev–Trinajstić information content (AvgIpc) is 2.90. The molecule has 1 heterocycles. The van der Waals surface area contributed by atoms with Gasteiger partial charge in [0.2, 0.25) is 0 Å². The molecule has 2 rings (SSSR count). The van der Waals surface area contributed by atoms with E-state index in [4.69, 9.17) is 10.5 Å². The largest absolute Gasteiger partial charge is 0.377 e. The van der Waals surface area contributed by atoms with Gasteiger partial charge in [0, 0.05) is 37.4 Å². The number of hydrogen-bond donors (Lipinski definition) is 1. The minimum atomic E-state index is -0.579. The topological polar surface area (TPSA) is 38.5 Å². The number of benzene rings is 1. The van der Waals surface area contributed by atoms with Crippen LogP contribution in [-0.2, 0) is 4.74 Å². The van der Waals surface area contributed by atoms with Crippen LogP contribution in [0.2, 0.25) is 0 Å². The first-order chi connectivity index (χ1) is 9.60. The van der Waals surface area contributed by atoms with Gasteiger partial charge in [-0.3, -0.25) is 4.90 Å². The molecule has 2 unspecified atom stereocenters. The summed E-state index contributed by atoms with van der Waals surface area (Å²) >= 11 is 0. The van der Waals surface area contributed by atoms with Gasteiger partial charge in [-0.1, -0.05) is 13.0 Å². The van der Waals surface area contributed by atoms with Gasteiger partial charge in [-0.25, -0.2) is 8.78 Å². The van der Waals surface area contributed by atoms with Crippen molar-refractivity contribution in [2.75, 3.05) is 26.2 Å². The molecule has 1 aromatic rings. The molecule has 0 bridgehead atoms. The van der Waals surface area contributed by atoms with Crippen molar-refractivity contribution in [2.45, 2.75) is 31.9 Å². The molecule has 5 heteroatoms. The molecule has 20 heavy (non-hydrogen) atoms. The maximum Gasteiger partial charge on any atom is 0.130 e. The van der Waals surface area contributed by atoms with Crippen molar-refractivity contribution >= 4 is 0 Å². The molecule has 1 aromatic carbocycles. The van der Waals surface area contributed by atoms with Gasteiger partial charge in [-0.15, -0.1) is 0 Å². The Hall–Kier alpha value is -1.04. The SMILES string of the molecule is CCN(CC1CCCO1)CC(N)c1ccc(F)cc1F. The number of ether oxygens (including phenoxy) is 1. The summed E-state index contributed by atoms with van der Waals surface area (Å²) in [6, 6.07) is 3.09. The van der Waals surface area contributed by atoms with E-state index in [-0.39, 0.29) is 6.10 Å². The van der Waals surface area contributed by atoms with E-state index in [0.29, 0.717) is 12.1 Å². The van der Waals surface area contributed by atoms with Gasteiger partial charge in [-0.05, 0) is 25.5 Å². The maximum atomic E-state index is 13.7. The maximum absolute atomic E-state index is 13.7. The first-order valence-corrected chi connectivity index (χ1v) is 7.14. The second-order valence-corrected chi connectivity index (χ2v) is 5.26. The third-order valence-corrected chi connectivity index (χ3v) is 3.75. The van der Waals surface area contributed by atoms with Crippen molar-refractivity contribution in [1.82, 2.24) is 4.90 Å². The first kappa shape index (κ1) is 15.4. The van der Waals surface area contributed by atoms with Gasteiger partial charge in [0.05, 0.1) is 6.10 Å². The van der Waals surface area contributed by atoms with Gasteiger partial charge < -0.3 is 10.5 Å². The lowest BCUT2D eigenvalue weighted by Crippen LogP contribution is -2.37. The Morgan fingerprint density at radius 1 is 1.45 bits per heavy atom. The number of nitrogens with two attached hydrogens (primary N) is 1. The van der Waals surface area contributed by atoms with Crippen LogP contribution >= 0.6 is 0 Å². The molecule has 2 atom stereocenters. The van der Waals surface area contributed by atoms with Gasteiger partial charge in [0.15, 0.2) is 0 Å². The Labute approximate surface area is 118 Å². The Bertz CT molecular complexity index is 436. The highest BCUT2D eigenvalue weighted by molar-refractivity contribution is 5.22. The summed E-state index contributed by atoms with van der Waals surface area (Å²) in [7, 11) is 0. The van der Waals surface area contributed by atoms with Crippen LogP contribution in [0.5, 0.6) is 0 Å². The molecular formula is C15H22F2N2O. The predicted octanol–water partition coefficient (Wildman–Crippen LogP) is 2.47. The van der Waals surface area contributed by atoms with Crippen molar-refractivity contribution in [3.05, 3.63) is 35.4 Å². The molecule has 0 saturated carbocycles. The summed E-state index contributed by atoms with van der Waals surface area (Å²) in [4.78, 5) is 2.16. The molecule has 0 amide bonds. The van der Waals surface area contributed by atoms with Crippen molar-refractivity contribution in [1.29, 1.82) is 0 Å². The van der Waals surface area contributed by atoms with Crippen LogP contribution in [0.4, 0.5) is 8.78 Å². The first-order valence-electron chi connectivity index (χ1n) is 7.14. The number of likely N-dealkylation sites (N-methyl/N-ethyl adjacent to an activating group) is 1. The molecule has 0 aromatic heterocycles. The molecular weight excluding hydrogens is 262 g/mol. The quantitative estimate of drug-likeness (QED) is 0.872. The zero-order valence-electron chi connectivity index (χ0n) is 11.8. The molecule has 2 N–H and O–H groups in total.